The zero-order valence-corrected chi connectivity index (χ0v) is 13.0. The standard InChI is InChI=1S/C16H13N3O3S/c1-17-14(20)10-5-2-3-6-11(10)18-15(21)12-9-23-16(19-12)13-7-4-8-22-13/h2-9H,1H3,(H,17,20)(H,18,21). The number of furan rings is 1. The van der Waals surface area contributed by atoms with E-state index in [-0.39, 0.29) is 17.5 Å². The Morgan fingerprint density at radius 2 is 1.96 bits per heavy atom. The third-order valence-electron chi connectivity index (χ3n) is 3.12. The van der Waals surface area contributed by atoms with Crippen LogP contribution in [0, 0.1) is 0 Å². The number of nitrogens with zero attached hydrogens (tertiary/aromatic N) is 1. The van der Waals surface area contributed by atoms with Crippen LogP contribution in [0.4, 0.5) is 5.69 Å². The Labute approximate surface area is 136 Å². The van der Waals surface area contributed by atoms with E-state index in [4.69, 9.17) is 4.42 Å². The van der Waals surface area contributed by atoms with Crippen LogP contribution in [-0.4, -0.2) is 23.8 Å². The summed E-state index contributed by atoms with van der Waals surface area (Å²) < 4.78 is 5.26. The van der Waals surface area contributed by atoms with Gasteiger partial charge in [-0.1, -0.05) is 12.1 Å². The molecule has 0 aliphatic rings. The van der Waals surface area contributed by atoms with Crippen molar-refractivity contribution in [3.05, 3.63) is 59.3 Å². The van der Waals surface area contributed by atoms with Crippen LogP contribution in [0.15, 0.2) is 52.5 Å². The molecule has 116 valence electrons. The van der Waals surface area contributed by atoms with Gasteiger partial charge in [0.1, 0.15) is 5.69 Å². The third-order valence-corrected chi connectivity index (χ3v) is 3.97. The fraction of sp³-hybridized carbons (Fsp3) is 0.0625. The smallest absolute Gasteiger partial charge is 0.275 e. The molecule has 0 saturated heterocycles. The first kappa shape index (κ1) is 15.0. The van der Waals surface area contributed by atoms with E-state index >= 15 is 0 Å². The van der Waals surface area contributed by atoms with Crippen LogP contribution in [0.5, 0.6) is 0 Å². The predicted octanol–water partition coefficient (Wildman–Crippen LogP) is 3.02. The van der Waals surface area contributed by atoms with Crippen LogP contribution in [0.3, 0.4) is 0 Å². The number of nitrogens with one attached hydrogen (secondary N) is 2. The van der Waals surface area contributed by atoms with Gasteiger partial charge in [0.2, 0.25) is 0 Å². The quantitative estimate of drug-likeness (QED) is 0.771. The van der Waals surface area contributed by atoms with Gasteiger partial charge in [0.15, 0.2) is 10.8 Å². The number of thiazole rings is 1. The van der Waals surface area contributed by atoms with Crippen molar-refractivity contribution in [1.29, 1.82) is 0 Å². The molecule has 7 heteroatoms. The molecule has 3 aromatic rings. The average Bonchev–Trinajstić information content (AvgIpc) is 3.25. The highest BCUT2D eigenvalue weighted by Gasteiger charge is 2.16. The van der Waals surface area contributed by atoms with Crippen LogP contribution in [-0.2, 0) is 0 Å². The van der Waals surface area contributed by atoms with Gasteiger partial charge in [-0.05, 0) is 24.3 Å². The molecule has 0 saturated carbocycles. The molecule has 3 rings (SSSR count). The minimum atomic E-state index is -0.379. The van der Waals surface area contributed by atoms with Crippen molar-refractivity contribution < 1.29 is 14.0 Å². The molecule has 0 aliphatic heterocycles. The summed E-state index contributed by atoms with van der Waals surface area (Å²) in [5.74, 6) is -0.0364. The molecule has 0 bridgehead atoms. The molecular formula is C16H13N3O3S. The van der Waals surface area contributed by atoms with E-state index in [1.165, 1.54) is 18.4 Å². The van der Waals surface area contributed by atoms with Crippen molar-refractivity contribution in [2.45, 2.75) is 0 Å². The summed E-state index contributed by atoms with van der Waals surface area (Å²) in [5, 5.41) is 7.53. The van der Waals surface area contributed by atoms with Crippen LogP contribution < -0.4 is 10.6 Å². The number of para-hydroxylation sites is 1. The maximum absolute atomic E-state index is 12.3. The molecule has 2 heterocycles. The normalized spacial score (nSPS) is 10.3. The first-order valence-electron chi connectivity index (χ1n) is 6.81. The van der Waals surface area contributed by atoms with Gasteiger partial charge in [0.05, 0.1) is 17.5 Å². The number of hydrogen-bond donors (Lipinski definition) is 2. The summed E-state index contributed by atoms with van der Waals surface area (Å²) in [6, 6.07) is 10.3. The SMILES string of the molecule is CNC(=O)c1ccccc1NC(=O)c1csc(-c2ccco2)n1. The highest BCUT2D eigenvalue weighted by Crippen LogP contribution is 2.24. The van der Waals surface area contributed by atoms with Gasteiger partial charge in [-0.3, -0.25) is 9.59 Å². The van der Waals surface area contributed by atoms with Crippen LogP contribution in [0.2, 0.25) is 0 Å². The zero-order valence-electron chi connectivity index (χ0n) is 12.2. The molecule has 23 heavy (non-hydrogen) atoms. The second-order valence-electron chi connectivity index (χ2n) is 4.59. The number of carbonyl (C=O) groups is 2. The summed E-state index contributed by atoms with van der Waals surface area (Å²) in [6.45, 7) is 0. The number of hydrogen-bond acceptors (Lipinski definition) is 5. The molecule has 6 nitrogen and oxygen atoms in total. The predicted molar refractivity (Wildman–Crippen MR) is 87.6 cm³/mol. The Morgan fingerprint density at radius 3 is 2.70 bits per heavy atom. The Morgan fingerprint density at radius 1 is 1.13 bits per heavy atom. The van der Waals surface area contributed by atoms with E-state index in [2.05, 4.69) is 15.6 Å². The number of benzene rings is 1. The van der Waals surface area contributed by atoms with E-state index < -0.39 is 0 Å². The first-order chi connectivity index (χ1) is 11.2. The molecule has 0 unspecified atom stereocenters. The molecule has 2 N–H and O–H groups in total. The zero-order chi connectivity index (χ0) is 16.2. The Hall–Kier alpha value is -2.93. The molecule has 0 aliphatic carbocycles. The molecular weight excluding hydrogens is 314 g/mol. The van der Waals surface area contributed by atoms with Crippen molar-refractivity contribution in [2.75, 3.05) is 12.4 Å². The monoisotopic (exact) mass is 327 g/mol. The van der Waals surface area contributed by atoms with Crippen LogP contribution in [0.1, 0.15) is 20.8 Å². The molecule has 0 radical (unpaired) electrons. The van der Waals surface area contributed by atoms with E-state index in [1.54, 1.807) is 48.0 Å². The molecule has 2 aromatic heterocycles. The lowest BCUT2D eigenvalue weighted by Crippen LogP contribution is -2.21. The first-order valence-corrected chi connectivity index (χ1v) is 7.69. The van der Waals surface area contributed by atoms with Gasteiger partial charge < -0.3 is 15.1 Å². The van der Waals surface area contributed by atoms with Crippen LogP contribution >= 0.6 is 11.3 Å². The molecule has 0 fully saturated rings. The van der Waals surface area contributed by atoms with Gasteiger partial charge in [-0.2, -0.15) is 0 Å². The Kier molecular flexibility index (Phi) is 4.20. The summed E-state index contributed by atoms with van der Waals surface area (Å²) >= 11 is 1.32. The molecule has 1 aromatic carbocycles. The van der Waals surface area contributed by atoms with Gasteiger partial charge >= 0.3 is 0 Å². The number of rotatable bonds is 4. The summed E-state index contributed by atoms with van der Waals surface area (Å²) in [5.41, 5.74) is 1.10. The average molecular weight is 327 g/mol. The van der Waals surface area contributed by atoms with Crippen LogP contribution in [0.25, 0.3) is 10.8 Å². The highest BCUT2D eigenvalue weighted by molar-refractivity contribution is 7.13. The van der Waals surface area contributed by atoms with Gasteiger partial charge in [0, 0.05) is 12.4 Å². The fourth-order valence-corrected chi connectivity index (χ4v) is 2.77. The fourth-order valence-electron chi connectivity index (χ4n) is 2.00. The van der Waals surface area contributed by atoms with Gasteiger partial charge in [-0.15, -0.1) is 11.3 Å². The Bertz CT molecular complexity index is 840. The number of amides is 2. The molecule has 0 atom stereocenters. The molecule has 2 amide bonds. The van der Waals surface area contributed by atoms with Gasteiger partial charge in [-0.25, -0.2) is 4.98 Å². The van der Waals surface area contributed by atoms with Crippen molar-refractivity contribution in [3.63, 3.8) is 0 Å². The number of aromatic nitrogens is 1. The van der Waals surface area contributed by atoms with Crippen molar-refractivity contribution in [2.24, 2.45) is 0 Å². The lowest BCUT2D eigenvalue weighted by atomic mass is 10.1. The summed E-state index contributed by atoms with van der Waals surface area (Å²) in [6.07, 6.45) is 1.55. The number of anilines is 1. The summed E-state index contributed by atoms with van der Waals surface area (Å²) in [7, 11) is 1.54. The lowest BCUT2D eigenvalue weighted by molar-refractivity contribution is 0.0964. The third kappa shape index (κ3) is 3.14. The minimum Gasteiger partial charge on any atom is -0.462 e. The largest absolute Gasteiger partial charge is 0.462 e. The lowest BCUT2D eigenvalue weighted by Gasteiger charge is -2.08. The Balaban J connectivity index is 1.82. The van der Waals surface area contributed by atoms with Crippen molar-refractivity contribution in [3.8, 4) is 10.8 Å². The van der Waals surface area contributed by atoms with Crippen molar-refractivity contribution >= 4 is 28.8 Å². The van der Waals surface area contributed by atoms with E-state index in [9.17, 15) is 9.59 Å². The summed E-state index contributed by atoms with van der Waals surface area (Å²) in [4.78, 5) is 28.4. The topological polar surface area (TPSA) is 84.2 Å². The second kappa shape index (κ2) is 6.45. The van der Waals surface area contributed by atoms with Gasteiger partial charge in [0.25, 0.3) is 11.8 Å². The highest BCUT2D eigenvalue weighted by atomic mass is 32.1. The maximum atomic E-state index is 12.3. The van der Waals surface area contributed by atoms with E-state index in [1.807, 2.05) is 0 Å². The maximum Gasteiger partial charge on any atom is 0.275 e. The van der Waals surface area contributed by atoms with Crippen molar-refractivity contribution in [1.82, 2.24) is 10.3 Å². The van der Waals surface area contributed by atoms with E-state index in [0.29, 0.717) is 22.0 Å². The minimum absolute atomic E-state index is 0.268. The second-order valence-corrected chi connectivity index (χ2v) is 5.45. The van der Waals surface area contributed by atoms with E-state index in [0.717, 1.165) is 0 Å². The molecule has 0 spiro atoms. The number of carbonyl (C=O) groups excluding carboxylic acids is 2.